The van der Waals surface area contributed by atoms with Crippen LogP contribution in [0.2, 0.25) is 0 Å². The summed E-state index contributed by atoms with van der Waals surface area (Å²) in [7, 11) is 1.61. The molecule has 0 aliphatic rings. The Morgan fingerprint density at radius 1 is 1.24 bits per heavy atom. The molecule has 0 atom stereocenters. The summed E-state index contributed by atoms with van der Waals surface area (Å²) in [5, 5.41) is 7.43. The summed E-state index contributed by atoms with van der Waals surface area (Å²) in [5.41, 5.74) is 3.94. The van der Waals surface area contributed by atoms with Crippen LogP contribution >= 0.6 is 0 Å². The van der Waals surface area contributed by atoms with Crippen LogP contribution in [-0.4, -0.2) is 40.4 Å². The minimum Gasteiger partial charge on any atom is -0.336 e. The lowest BCUT2D eigenvalue weighted by molar-refractivity contribution is -0.116. The number of likely N-dealkylation sites (N-methyl/N-ethyl adjacent to an activating group) is 1. The highest BCUT2D eigenvalue weighted by molar-refractivity contribution is 6.07. The lowest BCUT2D eigenvalue weighted by Gasteiger charge is -2.19. The van der Waals surface area contributed by atoms with E-state index in [-0.39, 0.29) is 24.3 Å². The van der Waals surface area contributed by atoms with Gasteiger partial charge in [0.2, 0.25) is 5.91 Å². The van der Waals surface area contributed by atoms with Crippen molar-refractivity contribution >= 4 is 28.6 Å². The normalized spacial score (nSPS) is 11.1. The van der Waals surface area contributed by atoms with E-state index in [0.29, 0.717) is 22.4 Å². The van der Waals surface area contributed by atoms with Crippen LogP contribution in [-0.2, 0) is 11.2 Å². The minimum atomic E-state index is -0.274. The molecule has 29 heavy (non-hydrogen) atoms. The minimum absolute atomic E-state index is 0.0674. The molecule has 7 nitrogen and oxygen atoms in total. The van der Waals surface area contributed by atoms with E-state index in [2.05, 4.69) is 15.5 Å². The number of nitrogens with zero attached hydrogens (tertiary/aromatic N) is 3. The molecule has 152 valence electrons. The Morgan fingerprint density at radius 3 is 2.66 bits per heavy atom. The fraction of sp³-hybridized carbons (Fsp3) is 0.364. The second kappa shape index (κ2) is 8.43. The first-order chi connectivity index (χ1) is 13.8. The van der Waals surface area contributed by atoms with Crippen molar-refractivity contribution < 1.29 is 14.1 Å². The van der Waals surface area contributed by atoms with Crippen LogP contribution in [0.3, 0.4) is 0 Å². The first kappa shape index (κ1) is 20.5. The highest BCUT2D eigenvalue weighted by atomic mass is 16.5. The van der Waals surface area contributed by atoms with Crippen molar-refractivity contribution in [3.63, 3.8) is 0 Å². The summed E-state index contributed by atoms with van der Waals surface area (Å²) in [6.07, 6.45) is 0.810. The van der Waals surface area contributed by atoms with Crippen molar-refractivity contribution in [1.82, 2.24) is 15.0 Å². The van der Waals surface area contributed by atoms with Crippen molar-refractivity contribution in [2.24, 2.45) is 0 Å². The van der Waals surface area contributed by atoms with E-state index in [1.165, 1.54) is 4.90 Å². The Hall–Kier alpha value is -3.22. The van der Waals surface area contributed by atoms with Crippen LogP contribution in [0, 0.1) is 6.92 Å². The van der Waals surface area contributed by atoms with E-state index < -0.39 is 0 Å². The highest BCUT2D eigenvalue weighted by Gasteiger charge is 2.23. The van der Waals surface area contributed by atoms with E-state index in [0.717, 1.165) is 23.4 Å². The maximum absolute atomic E-state index is 13.1. The third-order valence-electron chi connectivity index (χ3n) is 4.86. The number of aromatic nitrogens is 2. The molecule has 7 heteroatoms. The molecule has 0 spiro atoms. The quantitative estimate of drug-likeness (QED) is 0.684. The molecule has 1 aromatic carbocycles. The molecular weight excluding hydrogens is 368 g/mol. The third-order valence-corrected chi connectivity index (χ3v) is 4.86. The summed E-state index contributed by atoms with van der Waals surface area (Å²) in [6.45, 7) is 7.72. The van der Waals surface area contributed by atoms with Gasteiger partial charge in [-0.05, 0) is 37.0 Å². The Kier molecular flexibility index (Phi) is 5.96. The van der Waals surface area contributed by atoms with Gasteiger partial charge in [-0.15, -0.1) is 0 Å². The Morgan fingerprint density at radius 2 is 1.97 bits per heavy atom. The number of aryl methyl sites for hydroxylation is 2. The first-order valence-electron chi connectivity index (χ1n) is 9.72. The van der Waals surface area contributed by atoms with E-state index >= 15 is 0 Å². The average Bonchev–Trinajstić information content (AvgIpc) is 3.08. The molecule has 0 unspecified atom stereocenters. The fourth-order valence-corrected chi connectivity index (χ4v) is 3.21. The van der Waals surface area contributed by atoms with Crippen molar-refractivity contribution in [2.75, 3.05) is 18.9 Å². The van der Waals surface area contributed by atoms with Gasteiger partial charge < -0.3 is 14.7 Å². The molecule has 0 radical (unpaired) electrons. The summed E-state index contributed by atoms with van der Waals surface area (Å²) in [4.78, 5) is 31.5. The molecule has 0 saturated heterocycles. The maximum Gasteiger partial charge on any atom is 0.259 e. The number of rotatable bonds is 6. The van der Waals surface area contributed by atoms with Crippen molar-refractivity contribution in [3.05, 3.63) is 52.8 Å². The van der Waals surface area contributed by atoms with Gasteiger partial charge in [0, 0.05) is 18.4 Å². The SMILES string of the molecule is CCc1ccccc1NC(=O)CN(C)C(=O)c1cc(C(C)C)nc2onc(C)c12. The van der Waals surface area contributed by atoms with E-state index in [1.807, 2.05) is 45.0 Å². The molecule has 2 amide bonds. The van der Waals surface area contributed by atoms with Gasteiger partial charge in [0.1, 0.15) is 0 Å². The fourth-order valence-electron chi connectivity index (χ4n) is 3.21. The summed E-state index contributed by atoms with van der Waals surface area (Å²) < 4.78 is 5.28. The van der Waals surface area contributed by atoms with Crippen LogP contribution in [0.1, 0.15) is 54.0 Å². The van der Waals surface area contributed by atoms with E-state index in [4.69, 9.17) is 4.52 Å². The smallest absolute Gasteiger partial charge is 0.259 e. The standard InChI is InChI=1S/C22H26N4O3/c1-6-15-9-7-8-10-17(15)23-19(27)12-26(5)22(28)16-11-18(13(2)3)24-21-20(16)14(4)25-29-21/h7-11,13H,6,12H2,1-5H3,(H,23,27). The number of carbonyl (C=O) groups is 2. The molecule has 0 aliphatic carbocycles. The highest BCUT2D eigenvalue weighted by Crippen LogP contribution is 2.26. The summed E-state index contributed by atoms with van der Waals surface area (Å²) >= 11 is 0. The largest absolute Gasteiger partial charge is 0.336 e. The van der Waals surface area contributed by atoms with Gasteiger partial charge in [-0.3, -0.25) is 9.59 Å². The number of benzene rings is 1. The topological polar surface area (TPSA) is 88.3 Å². The van der Waals surface area contributed by atoms with Crippen molar-refractivity contribution in [2.45, 2.75) is 40.0 Å². The third kappa shape index (κ3) is 4.29. The summed E-state index contributed by atoms with van der Waals surface area (Å²) in [5.74, 6) is -0.404. The second-order valence-corrected chi connectivity index (χ2v) is 7.42. The number of fused-ring (bicyclic) bond motifs is 1. The molecule has 2 aromatic heterocycles. The number of carbonyl (C=O) groups excluding carboxylic acids is 2. The molecule has 0 saturated carbocycles. The molecule has 2 heterocycles. The summed E-state index contributed by atoms with van der Waals surface area (Å²) in [6, 6.07) is 9.41. The van der Waals surface area contributed by atoms with E-state index in [9.17, 15) is 9.59 Å². The lowest BCUT2D eigenvalue weighted by Crippen LogP contribution is -2.35. The predicted molar refractivity (Wildman–Crippen MR) is 112 cm³/mol. The van der Waals surface area contributed by atoms with Gasteiger partial charge in [-0.1, -0.05) is 44.1 Å². The number of hydrogen-bond acceptors (Lipinski definition) is 5. The molecular formula is C22H26N4O3. The van der Waals surface area contributed by atoms with Crippen LogP contribution in [0.15, 0.2) is 34.9 Å². The number of amides is 2. The van der Waals surface area contributed by atoms with Gasteiger partial charge in [-0.2, -0.15) is 0 Å². The van der Waals surface area contributed by atoms with Gasteiger partial charge in [0.25, 0.3) is 11.6 Å². The number of anilines is 1. The number of pyridine rings is 1. The van der Waals surface area contributed by atoms with Crippen LogP contribution < -0.4 is 5.32 Å². The zero-order valence-corrected chi connectivity index (χ0v) is 17.4. The Labute approximate surface area is 170 Å². The zero-order valence-electron chi connectivity index (χ0n) is 17.4. The molecule has 0 fully saturated rings. The monoisotopic (exact) mass is 394 g/mol. The van der Waals surface area contributed by atoms with Gasteiger partial charge in [0.15, 0.2) is 0 Å². The number of para-hydroxylation sites is 1. The molecule has 3 rings (SSSR count). The van der Waals surface area contributed by atoms with Crippen LogP contribution in [0.4, 0.5) is 5.69 Å². The van der Waals surface area contributed by atoms with Gasteiger partial charge >= 0.3 is 0 Å². The molecule has 1 N–H and O–H groups in total. The number of hydrogen-bond donors (Lipinski definition) is 1. The zero-order chi connectivity index (χ0) is 21.1. The molecule has 0 bridgehead atoms. The van der Waals surface area contributed by atoms with Crippen LogP contribution in [0.5, 0.6) is 0 Å². The Balaban J connectivity index is 1.83. The Bertz CT molecular complexity index is 1060. The van der Waals surface area contributed by atoms with Crippen molar-refractivity contribution in [3.8, 4) is 0 Å². The maximum atomic E-state index is 13.1. The predicted octanol–water partition coefficient (Wildman–Crippen LogP) is 3.93. The van der Waals surface area contributed by atoms with Crippen LogP contribution in [0.25, 0.3) is 11.1 Å². The van der Waals surface area contributed by atoms with Gasteiger partial charge in [-0.25, -0.2) is 4.98 Å². The van der Waals surface area contributed by atoms with E-state index in [1.54, 1.807) is 20.0 Å². The second-order valence-electron chi connectivity index (χ2n) is 7.42. The first-order valence-corrected chi connectivity index (χ1v) is 9.72. The number of nitrogens with one attached hydrogen (secondary N) is 1. The van der Waals surface area contributed by atoms with Crippen molar-refractivity contribution in [1.29, 1.82) is 0 Å². The molecule has 3 aromatic rings. The lowest BCUT2D eigenvalue weighted by atomic mass is 10.0. The van der Waals surface area contributed by atoms with Gasteiger partial charge in [0.05, 0.1) is 23.2 Å². The molecule has 0 aliphatic heterocycles. The average molecular weight is 394 g/mol.